The highest BCUT2D eigenvalue weighted by molar-refractivity contribution is 6.05. The molecule has 0 saturated heterocycles. The zero-order valence-corrected chi connectivity index (χ0v) is 10.7. The maximum Gasteiger partial charge on any atom is 0.269 e. The minimum atomic E-state index is -0.516. The SMILES string of the molecule is CN(C(=O)c1ccc([N+](=O)[O-])cc1)c1ccc(O)cc1. The van der Waals surface area contributed by atoms with Gasteiger partial charge in [-0.2, -0.15) is 0 Å². The van der Waals surface area contributed by atoms with Gasteiger partial charge in [0.15, 0.2) is 0 Å². The number of rotatable bonds is 3. The molecule has 0 aliphatic carbocycles. The Morgan fingerprint density at radius 1 is 1.10 bits per heavy atom. The quantitative estimate of drug-likeness (QED) is 0.687. The van der Waals surface area contributed by atoms with Crippen LogP contribution in [-0.4, -0.2) is 23.0 Å². The van der Waals surface area contributed by atoms with Crippen LogP contribution in [-0.2, 0) is 0 Å². The lowest BCUT2D eigenvalue weighted by Crippen LogP contribution is -2.26. The molecular formula is C14H12N2O4. The van der Waals surface area contributed by atoms with Crippen LogP contribution in [0.15, 0.2) is 48.5 Å². The van der Waals surface area contributed by atoms with Gasteiger partial charge in [0.1, 0.15) is 5.75 Å². The second kappa shape index (κ2) is 5.40. The zero-order chi connectivity index (χ0) is 14.7. The number of non-ortho nitro benzene ring substituents is 1. The maximum absolute atomic E-state index is 12.2. The standard InChI is InChI=1S/C14H12N2O4/c1-15(11-6-8-13(17)9-7-11)14(18)10-2-4-12(5-3-10)16(19)20/h2-9,17H,1H3. The van der Waals surface area contributed by atoms with Crippen LogP contribution < -0.4 is 4.90 Å². The second-order valence-corrected chi connectivity index (χ2v) is 4.18. The predicted octanol–water partition coefficient (Wildman–Crippen LogP) is 2.58. The lowest BCUT2D eigenvalue weighted by molar-refractivity contribution is -0.384. The molecule has 6 nitrogen and oxygen atoms in total. The van der Waals surface area contributed by atoms with Crippen molar-refractivity contribution in [3.8, 4) is 5.75 Å². The van der Waals surface area contributed by atoms with Gasteiger partial charge in [0.25, 0.3) is 11.6 Å². The number of benzene rings is 2. The molecule has 0 saturated carbocycles. The molecule has 0 aromatic heterocycles. The molecule has 20 heavy (non-hydrogen) atoms. The number of anilines is 1. The number of phenols is 1. The number of hydrogen-bond donors (Lipinski definition) is 1. The third-order valence-corrected chi connectivity index (χ3v) is 2.87. The van der Waals surface area contributed by atoms with Gasteiger partial charge in [-0.1, -0.05) is 0 Å². The van der Waals surface area contributed by atoms with Gasteiger partial charge in [-0.3, -0.25) is 14.9 Å². The van der Waals surface area contributed by atoms with Crippen molar-refractivity contribution in [1.82, 2.24) is 0 Å². The van der Waals surface area contributed by atoms with Crippen LogP contribution in [0.3, 0.4) is 0 Å². The molecule has 0 radical (unpaired) electrons. The van der Waals surface area contributed by atoms with Gasteiger partial charge in [-0.05, 0) is 36.4 Å². The van der Waals surface area contributed by atoms with Crippen LogP contribution in [0.25, 0.3) is 0 Å². The first-order valence-electron chi connectivity index (χ1n) is 5.80. The van der Waals surface area contributed by atoms with Crippen molar-refractivity contribution in [3.05, 3.63) is 64.2 Å². The monoisotopic (exact) mass is 272 g/mol. The van der Waals surface area contributed by atoms with E-state index in [-0.39, 0.29) is 17.3 Å². The van der Waals surface area contributed by atoms with Crippen molar-refractivity contribution in [3.63, 3.8) is 0 Å². The van der Waals surface area contributed by atoms with Crippen molar-refractivity contribution in [2.45, 2.75) is 0 Å². The van der Waals surface area contributed by atoms with E-state index < -0.39 is 4.92 Å². The fourth-order valence-electron chi connectivity index (χ4n) is 1.71. The molecule has 6 heteroatoms. The number of nitro benzene ring substituents is 1. The molecule has 0 atom stereocenters. The Kier molecular flexibility index (Phi) is 3.65. The predicted molar refractivity (Wildman–Crippen MR) is 73.9 cm³/mol. The van der Waals surface area contributed by atoms with Gasteiger partial charge in [-0.25, -0.2) is 0 Å². The number of nitrogens with zero attached hydrogens (tertiary/aromatic N) is 2. The summed E-state index contributed by atoms with van der Waals surface area (Å²) in [5.74, 6) is -0.171. The van der Waals surface area contributed by atoms with Crippen LogP contribution in [0, 0.1) is 10.1 Å². The Morgan fingerprint density at radius 2 is 1.65 bits per heavy atom. The van der Waals surface area contributed by atoms with E-state index in [0.29, 0.717) is 11.3 Å². The van der Waals surface area contributed by atoms with Crippen LogP contribution >= 0.6 is 0 Å². The molecule has 1 amide bonds. The van der Waals surface area contributed by atoms with Gasteiger partial charge in [0.05, 0.1) is 4.92 Å². The van der Waals surface area contributed by atoms with E-state index in [4.69, 9.17) is 0 Å². The molecule has 0 unspecified atom stereocenters. The maximum atomic E-state index is 12.2. The van der Waals surface area contributed by atoms with E-state index in [2.05, 4.69) is 0 Å². The number of nitro groups is 1. The molecule has 2 rings (SSSR count). The Bertz CT molecular complexity index is 635. The average Bonchev–Trinajstić information content (AvgIpc) is 2.46. The van der Waals surface area contributed by atoms with E-state index in [1.165, 1.54) is 41.3 Å². The Balaban J connectivity index is 2.22. The smallest absolute Gasteiger partial charge is 0.269 e. The third-order valence-electron chi connectivity index (χ3n) is 2.87. The van der Waals surface area contributed by atoms with Gasteiger partial charge < -0.3 is 10.0 Å². The first-order valence-corrected chi connectivity index (χ1v) is 5.80. The summed E-state index contributed by atoms with van der Waals surface area (Å²) in [6.45, 7) is 0. The molecule has 0 heterocycles. The lowest BCUT2D eigenvalue weighted by Gasteiger charge is -2.17. The molecule has 0 aliphatic heterocycles. The summed E-state index contributed by atoms with van der Waals surface area (Å²) >= 11 is 0. The van der Waals surface area contributed by atoms with Gasteiger partial charge in [-0.15, -0.1) is 0 Å². The third kappa shape index (κ3) is 2.74. The Labute approximate surface area is 115 Å². The van der Waals surface area contributed by atoms with Crippen LogP contribution in [0.1, 0.15) is 10.4 Å². The van der Waals surface area contributed by atoms with E-state index in [1.54, 1.807) is 19.2 Å². The number of carbonyl (C=O) groups excluding carboxylic acids is 1. The number of phenolic OH excluding ortho intramolecular Hbond substituents is 1. The summed E-state index contributed by atoms with van der Waals surface area (Å²) in [7, 11) is 1.59. The summed E-state index contributed by atoms with van der Waals surface area (Å²) in [5.41, 5.74) is 0.908. The fraction of sp³-hybridized carbons (Fsp3) is 0.0714. The molecule has 0 aliphatic rings. The van der Waals surface area contributed by atoms with Crippen LogP contribution in [0.2, 0.25) is 0 Å². The van der Waals surface area contributed by atoms with Crippen LogP contribution in [0.5, 0.6) is 5.75 Å². The average molecular weight is 272 g/mol. The number of hydrogen-bond acceptors (Lipinski definition) is 4. The minimum absolute atomic E-state index is 0.0613. The summed E-state index contributed by atoms with van der Waals surface area (Å²) in [5, 5.41) is 19.8. The largest absolute Gasteiger partial charge is 0.508 e. The topological polar surface area (TPSA) is 83.7 Å². The second-order valence-electron chi connectivity index (χ2n) is 4.18. The number of carbonyl (C=O) groups is 1. The number of aromatic hydroxyl groups is 1. The van der Waals surface area contributed by atoms with Crippen LogP contribution in [0.4, 0.5) is 11.4 Å². The summed E-state index contributed by atoms with van der Waals surface area (Å²) in [4.78, 5) is 23.6. The van der Waals surface area contributed by atoms with E-state index >= 15 is 0 Å². The van der Waals surface area contributed by atoms with Crippen molar-refractivity contribution >= 4 is 17.3 Å². The Morgan fingerprint density at radius 3 is 2.15 bits per heavy atom. The molecule has 0 fully saturated rings. The van der Waals surface area contributed by atoms with Crippen molar-refractivity contribution in [2.75, 3.05) is 11.9 Å². The van der Waals surface area contributed by atoms with Crippen molar-refractivity contribution in [1.29, 1.82) is 0 Å². The van der Waals surface area contributed by atoms with E-state index in [9.17, 15) is 20.0 Å². The molecule has 1 N–H and O–H groups in total. The molecule has 0 spiro atoms. The van der Waals surface area contributed by atoms with E-state index in [1.807, 2.05) is 0 Å². The lowest BCUT2D eigenvalue weighted by atomic mass is 10.1. The van der Waals surface area contributed by atoms with Crippen molar-refractivity contribution < 1.29 is 14.8 Å². The Hall–Kier alpha value is -2.89. The molecular weight excluding hydrogens is 260 g/mol. The molecule has 0 bridgehead atoms. The summed E-state index contributed by atoms with van der Waals surface area (Å²) in [6.07, 6.45) is 0. The van der Waals surface area contributed by atoms with Gasteiger partial charge in [0.2, 0.25) is 0 Å². The summed E-state index contributed by atoms with van der Waals surface area (Å²) < 4.78 is 0. The number of amides is 1. The first-order chi connectivity index (χ1) is 9.49. The summed E-state index contributed by atoms with van der Waals surface area (Å²) in [6, 6.07) is 11.6. The highest BCUT2D eigenvalue weighted by Crippen LogP contribution is 2.20. The minimum Gasteiger partial charge on any atom is -0.508 e. The van der Waals surface area contributed by atoms with Gasteiger partial charge in [0, 0.05) is 30.4 Å². The highest BCUT2D eigenvalue weighted by atomic mass is 16.6. The first kappa shape index (κ1) is 13.5. The van der Waals surface area contributed by atoms with Crippen molar-refractivity contribution in [2.24, 2.45) is 0 Å². The molecule has 2 aromatic rings. The highest BCUT2D eigenvalue weighted by Gasteiger charge is 2.14. The molecule has 102 valence electrons. The zero-order valence-electron chi connectivity index (χ0n) is 10.7. The molecule has 2 aromatic carbocycles. The van der Waals surface area contributed by atoms with Gasteiger partial charge >= 0.3 is 0 Å². The fourth-order valence-corrected chi connectivity index (χ4v) is 1.71. The van der Waals surface area contributed by atoms with E-state index in [0.717, 1.165) is 0 Å². The normalized spacial score (nSPS) is 10.1.